The molecule has 2 aliphatic carbocycles. The molecular formula is C12H23N3O. The van der Waals surface area contributed by atoms with E-state index in [1.165, 1.54) is 25.7 Å². The summed E-state index contributed by atoms with van der Waals surface area (Å²) in [6.45, 7) is 1.55. The van der Waals surface area contributed by atoms with Gasteiger partial charge >= 0.3 is 6.03 Å². The minimum atomic E-state index is 0.00683. The highest BCUT2D eigenvalue weighted by Crippen LogP contribution is 2.30. The van der Waals surface area contributed by atoms with Crippen LogP contribution in [-0.2, 0) is 0 Å². The van der Waals surface area contributed by atoms with Crippen molar-refractivity contribution in [1.29, 1.82) is 0 Å². The Hall–Kier alpha value is -0.770. The molecule has 4 nitrogen and oxygen atoms in total. The van der Waals surface area contributed by atoms with Crippen molar-refractivity contribution in [1.82, 2.24) is 10.6 Å². The third kappa shape index (κ3) is 2.88. The standard InChI is InChI=1S/C12H23N3O/c13-7-9-3-1-4-10(9)8-14-12(16)15-11-5-2-6-11/h9-11H,1-8,13H2,(H2,14,15,16). The molecule has 0 spiro atoms. The lowest BCUT2D eigenvalue weighted by atomic mass is 9.93. The van der Waals surface area contributed by atoms with E-state index in [0.29, 0.717) is 17.9 Å². The lowest BCUT2D eigenvalue weighted by molar-refractivity contribution is 0.225. The van der Waals surface area contributed by atoms with Gasteiger partial charge in [0.05, 0.1) is 0 Å². The van der Waals surface area contributed by atoms with Crippen molar-refractivity contribution in [3.8, 4) is 0 Å². The van der Waals surface area contributed by atoms with Gasteiger partial charge in [0.15, 0.2) is 0 Å². The van der Waals surface area contributed by atoms with Crippen molar-refractivity contribution >= 4 is 6.03 Å². The third-order valence-electron chi connectivity index (χ3n) is 4.08. The van der Waals surface area contributed by atoms with E-state index in [-0.39, 0.29) is 6.03 Å². The summed E-state index contributed by atoms with van der Waals surface area (Å²) in [6.07, 6.45) is 7.24. The number of nitrogens with two attached hydrogens (primary N) is 1. The molecule has 0 aromatic heterocycles. The Morgan fingerprint density at radius 1 is 1.12 bits per heavy atom. The SMILES string of the molecule is NCC1CCCC1CNC(=O)NC1CCC1. The monoisotopic (exact) mass is 225 g/mol. The normalized spacial score (nSPS) is 29.8. The maximum atomic E-state index is 11.5. The predicted molar refractivity (Wildman–Crippen MR) is 64.1 cm³/mol. The Bertz CT molecular complexity index is 240. The molecule has 2 saturated carbocycles. The molecule has 2 unspecified atom stereocenters. The molecule has 2 atom stereocenters. The number of hydrogen-bond donors (Lipinski definition) is 3. The molecule has 0 aromatic rings. The molecule has 92 valence electrons. The summed E-state index contributed by atoms with van der Waals surface area (Å²) in [5.41, 5.74) is 5.71. The first-order valence-corrected chi connectivity index (χ1v) is 6.54. The molecule has 0 radical (unpaired) electrons. The van der Waals surface area contributed by atoms with Crippen LogP contribution in [0.2, 0.25) is 0 Å². The van der Waals surface area contributed by atoms with Crippen LogP contribution in [-0.4, -0.2) is 25.2 Å². The van der Waals surface area contributed by atoms with E-state index < -0.39 is 0 Å². The second kappa shape index (κ2) is 5.53. The Labute approximate surface area is 97.3 Å². The van der Waals surface area contributed by atoms with E-state index >= 15 is 0 Å². The van der Waals surface area contributed by atoms with Crippen LogP contribution in [0.3, 0.4) is 0 Å². The van der Waals surface area contributed by atoms with Crippen LogP contribution in [0.15, 0.2) is 0 Å². The van der Waals surface area contributed by atoms with Gasteiger partial charge in [0.2, 0.25) is 0 Å². The second-order valence-electron chi connectivity index (χ2n) is 5.17. The summed E-state index contributed by atoms with van der Waals surface area (Å²) in [5, 5.41) is 5.97. The molecule has 0 saturated heterocycles. The molecule has 4 N–H and O–H groups in total. The van der Waals surface area contributed by atoms with Crippen LogP contribution in [0, 0.1) is 11.8 Å². The van der Waals surface area contributed by atoms with Gasteiger partial charge in [-0.05, 0) is 50.5 Å². The van der Waals surface area contributed by atoms with Gasteiger partial charge in [0, 0.05) is 12.6 Å². The summed E-state index contributed by atoms with van der Waals surface area (Å²) in [7, 11) is 0. The molecule has 2 aliphatic rings. The molecule has 0 heterocycles. The first-order chi connectivity index (χ1) is 7.79. The Kier molecular flexibility index (Phi) is 4.04. The van der Waals surface area contributed by atoms with Crippen LogP contribution >= 0.6 is 0 Å². The summed E-state index contributed by atoms with van der Waals surface area (Å²) in [4.78, 5) is 11.5. The fourth-order valence-electron chi connectivity index (χ4n) is 2.71. The first-order valence-electron chi connectivity index (χ1n) is 6.54. The predicted octanol–water partition coefficient (Wildman–Crippen LogP) is 1.21. The van der Waals surface area contributed by atoms with Gasteiger partial charge in [0.25, 0.3) is 0 Å². The van der Waals surface area contributed by atoms with E-state index in [9.17, 15) is 4.79 Å². The lowest BCUT2D eigenvalue weighted by Crippen LogP contribution is -2.46. The molecule has 2 rings (SSSR count). The summed E-state index contributed by atoms with van der Waals surface area (Å²) >= 11 is 0. The number of amides is 2. The molecule has 4 heteroatoms. The van der Waals surface area contributed by atoms with E-state index in [0.717, 1.165) is 25.9 Å². The average molecular weight is 225 g/mol. The number of hydrogen-bond acceptors (Lipinski definition) is 2. The fraction of sp³-hybridized carbons (Fsp3) is 0.917. The van der Waals surface area contributed by atoms with Crippen molar-refractivity contribution in [3.05, 3.63) is 0 Å². The Morgan fingerprint density at radius 2 is 1.81 bits per heavy atom. The largest absolute Gasteiger partial charge is 0.338 e. The quantitative estimate of drug-likeness (QED) is 0.673. The molecule has 2 amide bonds. The Morgan fingerprint density at radius 3 is 2.44 bits per heavy atom. The van der Waals surface area contributed by atoms with Crippen molar-refractivity contribution in [2.45, 2.75) is 44.6 Å². The molecule has 0 aliphatic heterocycles. The molecular weight excluding hydrogens is 202 g/mol. The minimum absolute atomic E-state index is 0.00683. The van der Waals surface area contributed by atoms with Gasteiger partial charge < -0.3 is 16.4 Å². The number of carbonyl (C=O) groups is 1. The van der Waals surface area contributed by atoms with Crippen molar-refractivity contribution < 1.29 is 4.79 Å². The van der Waals surface area contributed by atoms with Gasteiger partial charge in [-0.1, -0.05) is 6.42 Å². The summed E-state index contributed by atoms with van der Waals surface area (Å²) in [6, 6.07) is 0.432. The molecule has 0 bridgehead atoms. The van der Waals surface area contributed by atoms with Gasteiger partial charge in [-0.3, -0.25) is 0 Å². The van der Waals surface area contributed by atoms with Gasteiger partial charge in [-0.15, -0.1) is 0 Å². The second-order valence-corrected chi connectivity index (χ2v) is 5.17. The lowest BCUT2D eigenvalue weighted by Gasteiger charge is -2.27. The van der Waals surface area contributed by atoms with Crippen molar-refractivity contribution in [2.24, 2.45) is 17.6 Å². The van der Waals surface area contributed by atoms with Gasteiger partial charge in [0.1, 0.15) is 0 Å². The smallest absolute Gasteiger partial charge is 0.315 e. The van der Waals surface area contributed by atoms with Crippen LogP contribution in [0.4, 0.5) is 4.79 Å². The zero-order valence-electron chi connectivity index (χ0n) is 9.87. The van der Waals surface area contributed by atoms with Crippen LogP contribution in [0.5, 0.6) is 0 Å². The van der Waals surface area contributed by atoms with E-state index in [1.54, 1.807) is 0 Å². The highest BCUT2D eigenvalue weighted by Gasteiger charge is 2.26. The van der Waals surface area contributed by atoms with Gasteiger partial charge in [-0.2, -0.15) is 0 Å². The zero-order chi connectivity index (χ0) is 11.4. The van der Waals surface area contributed by atoms with Crippen LogP contribution < -0.4 is 16.4 Å². The topological polar surface area (TPSA) is 67.1 Å². The summed E-state index contributed by atoms with van der Waals surface area (Å²) in [5.74, 6) is 1.21. The number of rotatable bonds is 4. The highest BCUT2D eigenvalue weighted by atomic mass is 16.2. The number of carbonyl (C=O) groups excluding carboxylic acids is 1. The zero-order valence-corrected chi connectivity index (χ0v) is 9.87. The molecule has 2 fully saturated rings. The summed E-state index contributed by atoms with van der Waals surface area (Å²) < 4.78 is 0. The van der Waals surface area contributed by atoms with Crippen LogP contribution in [0.25, 0.3) is 0 Å². The Balaban J connectivity index is 1.63. The average Bonchev–Trinajstić information content (AvgIpc) is 2.68. The van der Waals surface area contributed by atoms with Gasteiger partial charge in [-0.25, -0.2) is 4.79 Å². The van der Waals surface area contributed by atoms with Crippen molar-refractivity contribution in [3.63, 3.8) is 0 Å². The van der Waals surface area contributed by atoms with E-state index in [2.05, 4.69) is 10.6 Å². The van der Waals surface area contributed by atoms with Crippen LogP contribution in [0.1, 0.15) is 38.5 Å². The number of nitrogens with one attached hydrogen (secondary N) is 2. The maximum absolute atomic E-state index is 11.5. The van der Waals surface area contributed by atoms with Crippen molar-refractivity contribution in [2.75, 3.05) is 13.1 Å². The molecule has 0 aromatic carbocycles. The fourth-order valence-corrected chi connectivity index (χ4v) is 2.71. The van der Waals surface area contributed by atoms with E-state index in [1.807, 2.05) is 0 Å². The third-order valence-corrected chi connectivity index (χ3v) is 4.08. The minimum Gasteiger partial charge on any atom is -0.338 e. The highest BCUT2D eigenvalue weighted by molar-refractivity contribution is 5.74. The van der Waals surface area contributed by atoms with E-state index in [4.69, 9.17) is 5.73 Å². The molecule has 16 heavy (non-hydrogen) atoms. The first kappa shape index (κ1) is 11.7. The maximum Gasteiger partial charge on any atom is 0.315 e. The number of urea groups is 1.